The summed E-state index contributed by atoms with van der Waals surface area (Å²) in [6.07, 6.45) is -16.7. The fourth-order valence-corrected chi connectivity index (χ4v) is 3.84. The van der Waals surface area contributed by atoms with E-state index in [0.29, 0.717) is 0 Å². The van der Waals surface area contributed by atoms with Gasteiger partial charge in [0.05, 0.1) is 0 Å². The summed E-state index contributed by atoms with van der Waals surface area (Å²) in [6, 6.07) is -9.07. The fourth-order valence-electron chi connectivity index (χ4n) is 2.78. The average molecular weight is 917 g/mol. The number of rotatable bonds is 15. The molecule has 0 aliphatic carbocycles. The van der Waals surface area contributed by atoms with Gasteiger partial charge in [0.1, 0.15) is 0 Å². The lowest BCUT2D eigenvalue weighted by Crippen LogP contribution is -2.77. The van der Waals surface area contributed by atoms with E-state index in [0.717, 1.165) is 0 Å². The van der Waals surface area contributed by atoms with Crippen molar-refractivity contribution in [3.05, 3.63) is 0 Å². The third-order valence-corrected chi connectivity index (χ3v) is 7.47. The van der Waals surface area contributed by atoms with Gasteiger partial charge in [0.2, 0.25) is 0 Å². The lowest BCUT2D eigenvalue weighted by atomic mass is 9.90. The quantitative estimate of drug-likeness (QED) is 0.132. The molecule has 0 radical (unpaired) electrons. The number of nitrogens with one attached hydrogen (secondary N) is 1. The SMILES string of the molecule is O=S(=O)(NC(F)(F)C(F)(F)C(F)(F)C(F)(F)C(F)(F)C(F)(F)C(F)(F)C(F)(F)F)C(F)(F)C(F)(F)C(F)(F)C(F)(F)C(F)(F)C(F)(F)C(F)(F)C(F)(F)F. The van der Waals surface area contributed by atoms with Crippen LogP contribution in [0.25, 0.3) is 0 Å². The zero-order chi connectivity index (χ0) is 45.2. The number of sulfonamides is 1. The molecule has 0 rings (SSSR count). The zero-order valence-electron chi connectivity index (χ0n) is 22.6. The molecule has 0 atom stereocenters. The van der Waals surface area contributed by atoms with Crippen LogP contribution in [-0.4, -0.2) is 103 Å². The molecular formula is C16HF34NO2S. The molecule has 326 valence electrons. The van der Waals surface area contributed by atoms with Crippen molar-refractivity contribution < 1.29 is 158 Å². The summed E-state index contributed by atoms with van der Waals surface area (Å²) in [5.74, 6) is -114. The van der Waals surface area contributed by atoms with Crippen LogP contribution >= 0.6 is 0 Å². The van der Waals surface area contributed by atoms with Crippen LogP contribution in [0, 0.1) is 0 Å². The van der Waals surface area contributed by atoms with Gasteiger partial charge in [-0.1, -0.05) is 0 Å². The van der Waals surface area contributed by atoms with Gasteiger partial charge in [-0.3, -0.25) is 0 Å². The van der Waals surface area contributed by atoms with E-state index in [-0.39, 0.29) is 0 Å². The molecule has 0 aliphatic heterocycles. The second kappa shape index (κ2) is 12.3. The summed E-state index contributed by atoms with van der Waals surface area (Å²) in [5.41, 5.74) is 0. The molecule has 0 bridgehead atoms. The summed E-state index contributed by atoms with van der Waals surface area (Å²) in [4.78, 5) is 0. The lowest BCUT2D eigenvalue weighted by Gasteiger charge is -2.43. The van der Waals surface area contributed by atoms with Gasteiger partial charge in [-0.05, 0) is 0 Å². The van der Waals surface area contributed by atoms with E-state index in [2.05, 4.69) is 0 Å². The number of hydrogen-bond donors (Lipinski definition) is 1. The van der Waals surface area contributed by atoms with Gasteiger partial charge in [0.15, 0.2) is 0 Å². The fraction of sp³-hybridized carbons (Fsp3) is 1.00. The van der Waals surface area contributed by atoms with Gasteiger partial charge in [-0.25, -0.2) is 8.42 Å². The minimum Gasteiger partial charge on any atom is -0.206 e. The van der Waals surface area contributed by atoms with Gasteiger partial charge in [0.25, 0.3) is 10.0 Å². The molecule has 0 heterocycles. The number of alkyl halides is 34. The minimum absolute atomic E-state index is 2.62. The zero-order valence-corrected chi connectivity index (χ0v) is 23.4. The molecule has 0 unspecified atom stereocenters. The Bertz CT molecular complexity index is 1500. The van der Waals surface area contributed by atoms with Crippen LogP contribution in [0.15, 0.2) is 0 Å². The molecule has 0 aliphatic rings. The second-order valence-corrected chi connectivity index (χ2v) is 11.3. The molecule has 54 heavy (non-hydrogen) atoms. The van der Waals surface area contributed by atoms with E-state index in [1.165, 1.54) is 0 Å². The third kappa shape index (κ3) is 6.08. The Balaban J connectivity index is 7.48. The average Bonchev–Trinajstić information content (AvgIpc) is 2.89. The highest BCUT2D eigenvalue weighted by Crippen LogP contribution is 2.66. The van der Waals surface area contributed by atoms with Gasteiger partial charge in [-0.15, -0.1) is 4.72 Å². The Kier molecular flexibility index (Phi) is 11.7. The summed E-state index contributed by atoms with van der Waals surface area (Å²) in [6.45, 7) is 0. The predicted octanol–water partition coefficient (Wildman–Crippen LogP) is 9.84. The van der Waals surface area contributed by atoms with Crippen LogP contribution in [0.1, 0.15) is 0 Å². The van der Waals surface area contributed by atoms with E-state index >= 15 is 0 Å². The largest absolute Gasteiger partial charge is 0.460 e. The Morgan fingerprint density at radius 2 is 0.407 bits per heavy atom. The number of halogens is 34. The van der Waals surface area contributed by atoms with Gasteiger partial charge in [0, 0.05) is 0 Å². The smallest absolute Gasteiger partial charge is 0.206 e. The van der Waals surface area contributed by atoms with E-state index < -0.39 is 109 Å². The first-order chi connectivity index (χ1) is 22.5. The van der Waals surface area contributed by atoms with Crippen LogP contribution in [0.2, 0.25) is 0 Å². The van der Waals surface area contributed by atoms with E-state index in [1.54, 1.807) is 0 Å². The highest BCUT2D eigenvalue weighted by Gasteiger charge is 2.98. The van der Waals surface area contributed by atoms with Crippen molar-refractivity contribution in [2.24, 2.45) is 0 Å². The Hall–Kier alpha value is -2.47. The molecule has 38 heteroatoms. The summed E-state index contributed by atoms with van der Waals surface area (Å²) < 4.78 is 468. The molecule has 0 saturated carbocycles. The van der Waals surface area contributed by atoms with Crippen molar-refractivity contribution in [2.45, 2.75) is 94.7 Å². The van der Waals surface area contributed by atoms with E-state index in [4.69, 9.17) is 0 Å². The Morgan fingerprint density at radius 3 is 0.611 bits per heavy atom. The van der Waals surface area contributed by atoms with E-state index in [1.807, 2.05) is 0 Å². The predicted molar refractivity (Wildman–Crippen MR) is 93.4 cm³/mol. The third-order valence-electron chi connectivity index (χ3n) is 6.02. The van der Waals surface area contributed by atoms with Crippen molar-refractivity contribution in [1.82, 2.24) is 4.72 Å². The first kappa shape index (κ1) is 51.5. The molecule has 3 nitrogen and oxygen atoms in total. The normalized spacial score (nSPS) is 17.3. The topological polar surface area (TPSA) is 46.2 Å². The van der Waals surface area contributed by atoms with Crippen LogP contribution in [-0.2, 0) is 10.0 Å². The first-order valence-corrected chi connectivity index (χ1v) is 12.4. The van der Waals surface area contributed by atoms with Crippen molar-refractivity contribution in [3.63, 3.8) is 0 Å². The van der Waals surface area contributed by atoms with Crippen LogP contribution in [0.5, 0.6) is 0 Å². The van der Waals surface area contributed by atoms with Crippen LogP contribution in [0.3, 0.4) is 0 Å². The molecule has 0 amide bonds. The summed E-state index contributed by atoms with van der Waals surface area (Å²) in [7, 11) is -9.97. The molecule has 0 fully saturated rings. The molecular weight excluding hydrogens is 916 g/mol. The first-order valence-electron chi connectivity index (χ1n) is 10.9. The van der Waals surface area contributed by atoms with Gasteiger partial charge >= 0.3 is 94.7 Å². The Morgan fingerprint density at radius 1 is 0.241 bits per heavy atom. The van der Waals surface area contributed by atoms with Crippen molar-refractivity contribution >= 4 is 10.0 Å². The molecule has 0 saturated heterocycles. The van der Waals surface area contributed by atoms with E-state index in [9.17, 15) is 158 Å². The highest BCUT2D eigenvalue weighted by molar-refractivity contribution is 7.90. The Labute approximate surface area is 268 Å². The van der Waals surface area contributed by atoms with Crippen LogP contribution < -0.4 is 4.72 Å². The molecule has 0 aromatic heterocycles. The molecule has 0 spiro atoms. The molecule has 0 aromatic carbocycles. The standard InChI is InChI=1S/C16HF34NO2S/c17-1(18,5(25,26)9(33,34)13(41,42)43)3(21,22)7(29,30)11(37,38)15(47,48)51-54(52,53)16(49,50)12(39,40)8(31,32)4(23,24)2(19,20)6(27,28)10(35,36)14(44,45)46/h51H. The summed E-state index contributed by atoms with van der Waals surface area (Å²) in [5, 5.41) is -9.41. The van der Waals surface area contributed by atoms with Crippen molar-refractivity contribution in [2.75, 3.05) is 0 Å². The maximum Gasteiger partial charge on any atom is 0.460 e. The maximum atomic E-state index is 13.9. The number of hydrogen-bond acceptors (Lipinski definition) is 2. The van der Waals surface area contributed by atoms with Gasteiger partial charge in [-0.2, -0.15) is 149 Å². The summed E-state index contributed by atoms with van der Waals surface area (Å²) >= 11 is 0. The van der Waals surface area contributed by atoms with Crippen molar-refractivity contribution in [3.8, 4) is 0 Å². The van der Waals surface area contributed by atoms with Crippen molar-refractivity contribution in [1.29, 1.82) is 0 Å². The molecule has 1 N–H and O–H groups in total. The maximum absolute atomic E-state index is 13.9. The minimum atomic E-state index is -9.97. The molecule has 0 aromatic rings. The lowest BCUT2D eigenvalue weighted by molar-refractivity contribution is -0.462. The van der Waals surface area contributed by atoms with Crippen LogP contribution in [0.4, 0.5) is 149 Å². The van der Waals surface area contributed by atoms with Gasteiger partial charge < -0.3 is 0 Å². The monoisotopic (exact) mass is 917 g/mol. The second-order valence-electron chi connectivity index (χ2n) is 9.58. The highest BCUT2D eigenvalue weighted by atomic mass is 32.2.